The zero-order valence-corrected chi connectivity index (χ0v) is 6.81. The fourth-order valence-electron chi connectivity index (χ4n) is 1.21. The van der Waals surface area contributed by atoms with Crippen LogP contribution in [0.2, 0.25) is 0 Å². The molecule has 1 nitrogen and oxygen atoms in total. The SMILES string of the molecule is C=C=C(C)C1=CCCCC1=O. The maximum absolute atomic E-state index is 11.2. The summed E-state index contributed by atoms with van der Waals surface area (Å²) in [5.41, 5.74) is 4.45. The first-order valence-corrected chi connectivity index (χ1v) is 3.86. The molecule has 0 atom stereocenters. The van der Waals surface area contributed by atoms with Crippen molar-refractivity contribution in [2.24, 2.45) is 0 Å². The number of carbonyl (C=O) groups excluding carboxylic acids is 1. The van der Waals surface area contributed by atoms with Gasteiger partial charge >= 0.3 is 0 Å². The lowest BCUT2D eigenvalue weighted by Gasteiger charge is -2.09. The molecule has 0 saturated heterocycles. The lowest BCUT2D eigenvalue weighted by atomic mass is 9.94. The zero-order valence-electron chi connectivity index (χ0n) is 6.81. The minimum absolute atomic E-state index is 0.241. The molecule has 0 spiro atoms. The zero-order chi connectivity index (χ0) is 8.27. The summed E-state index contributed by atoms with van der Waals surface area (Å²) < 4.78 is 0. The summed E-state index contributed by atoms with van der Waals surface area (Å²) in [5, 5.41) is 0. The molecule has 11 heavy (non-hydrogen) atoms. The van der Waals surface area contributed by atoms with Crippen molar-refractivity contribution in [2.75, 3.05) is 0 Å². The van der Waals surface area contributed by atoms with Crippen LogP contribution in [0.5, 0.6) is 0 Å². The molecule has 0 bridgehead atoms. The monoisotopic (exact) mass is 148 g/mol. The van der Waals surface area contributed by atoms with Gasteiger partial charge in [0.2, 0.25) is 0 Å². The molecule has 0 heterocycles. The van der Waals surface area contributed by atoms with Crippen molar-refractivity contribution in [2.45, 2.75) is 26.2 Å². The summed E-state index contributed by atoms with van der Waals surface area (Å²) in [5.74, 6) is 0.241. The Balaban J connectivity index is 2.93. The van der Waals surface area contributed by atoms with Crippen molar-refractivity contribution >= 4 is 5.78 Å². The fourth-order valence-corrected chi connectivity index (χ4v) is 1.21. The van der Waals surface area contributed by atoms with Gasteiger partial charge in [0.1, 0.15) is 0 Å². The maximum Gasteiger partial charge on any atom is 0.163 e. The molecular formula is C10H12O. The first-order chi connectivity index (χ1) is 5.25. The van der Waals surface area contributed by atoms with E-state index < -0.39 is 0 Å². The Hall–Kier alpha value is -1.07. The highest BCUT2D eigenvalue weighted by Crippen LogP contribution is 2.19. The maximum atomic E-state index is 11.2. The van der Waals surface area contributed by atoms with Gasteiger partial charge in [-0.3, -0.25) is 4.79 Å². The highest BCUT2D eigenvalue weighted by molar-refractivity contribution is 5.99. The van der Waals surface area contributed by atoms with Crippen molar-refractivity contribution in [1.82, 2.24) is 0 Å². The summed E-state index contributed by atoms with van der Waals surface area (Å²) in [4.78, 5) is 11.2. The molecule has 1 aliphatic carbocycles. The van der Waals surface area contributed by atoms with Crippen molar-refractivity contribution in [3.8, 4) is 0 Å². The molecule has 0 aromatic carbocycles. The predicted molar refractivity (Wildman–Crippen MR) is 45.3 cm³/mol. The molecule has 0 radical (unpaired) electrons. The molecule has 0 amide bonds. The minimum Gasteiger partial charge on any atom is -0.294 e. The number of ketones is 1. The van der Waals surface area contributed by atoms with Crippen LogP contribution in [-0.4, -0.2) is 5.78 Å². The van der Waals surface area contributed by atoms with Crippen LogP contribution in [-0.2, 0) is 4.79 Å². The van der Waals surface area contributed by atoms with Gasteiger partial charge in [0.15, 0.2) is 5.78 Å². The highest BCUT2D eigenvalue weighted by atomic mass is 16.1. The number of carbonyl (C=O) groups is 1. The van der Waals surface area contributed by atoms with Crippen molar-refractivity contribution in [1.29, 1.82) is 0 Å². The van der Waals surface area contributed by atoms with Gasteiger partial charge in [-0.1, -0.05) is 12.7 Å². The fraction of sp³-hybridized carbons (Fsp3) is 0.400. The molecule has 1 heteroatoms. The Morgan fingerprint density at radius 3 is 3.00 bits per heavy atom. The molecule has 1 rings (SSSR count). The van der Waals surface area contributed by atoms with Gasteiger partial charge in [-0.15, -0.1) is 5.73 Å². The molecule has 0 aliphatic heterocycles. The van der Waals surface area contributed by atoms with E-state index in [-0.39, 0.29) is 5.78 Å². The van der Waals surface area contributed by atoms with Gasteiger partial charge in [0.25, 0.3) is 0 Å². The quantitative estimate of drug-likeness (QED) is 0.522. The van der Waals surface area contributed by atoms with Crippen LogP contribution in [0.15, 0.2) is 29.5 Å². The molecule has 0 unspecified atom stereocenters. The topological polar surface area (TPSA) is 17.1 Å². The van der Waals surface area contributed by atoms with E-state index in [0.717, 1.165) is 24.0 Å². The second-order valence-corrected chi connectivity index (χ2v) is 2.73. The third-order valence-corrected chi connectivity index (χ3v) is 1.93. The molecular weight excluding hydrogens is 136 g/mol. The molecule has 0 aromatic heterocycles. The van der Waals surface area contributed by atoms with E-state index in [2.05, 4.69) is 12.3 Å². The van der Waals surface area contributed by atoms with Crippen LogP contribution in [0.1, 0.15) is 26.2 Å². The summed E-state index contributed by atoms with van der Waals surface area (Å²) in [6.07, 6.45) is 4.68. The van der Waals surface area contributed by atoms with Gasteiger partial charge in [-0.25, -0.2) is 0 Å². The summed E-state index contributed by atoms with van der Waals surface area (Å²) in [6, 6.07) is 0. The largest absolute Gasteiger partial charge is 0.294 e. The predicted octanol–water partition coefficient (Wildman–Crippen LogP) is 2.40. The van der Waals surface area contributed by atoms with Crippen LogP contribution < -0.4 is 0 Å². The standard InChI is InChI=1S/C10H12O/c1-3-8(2)9-6-4-5-7-10(9)11/h6H,1,4-5,7H2,2H3. The van der Waals surface area contributed by atoms with Gasteiger partial charge in [-0.05, 0) is 19.8 Å². The third-order valence-electron chi connectivity index (χ3n) is 1.93. The summed E-state index contributed by atoms with van der Waals surface area (Å²) in [6.45, 7) is 5.39. The van der Waals surface area contributed by atoms with Crippen LogP contribution in [0.25, 0.3) is 0 Å². The molecule has 0 aromatic rings. The highest BCUT2D eigenvalue weighted by Gasteiger charge is 2.13. The first-order valence-electron chi connectivity index (χ1n) is 3.86. The van der Waals surface area contributed by atoms with Gasteiger partial charge in [-0.2, -0.15) is 0 Å². The first kappa shape index (κ1) is 8.03. The Kier molecular flexibility index (Phi) is 2.45. The number of Topliss-reactive ketones (excluding diaryl/α,β-unsaturated/α-hetero) is 1. The number of hydrogen-bond acceptors (Lipinski definition) is 1. The van der Waals surface area contributed by atoms with Gasteiger partial charge < -0.3 is 0 Å². The second kappa shape index (κ2) is 3.36. The van der Waals surface area contributed by atoms with Gasteiger partial charge in [0.05, 0.1) is 0 Å². The number of allylic oxidation sites excluding steroid dienone is 3. The lowest BCUT2D eigenvalue weighted by Crippen LogP contribution is -2.07. The second-order valence-electron chi connectivity index (χ2n) is 2.73. The van der Waals surface area contributed by atoms with E-state index in [0.29, 0.717) is 6.42 Å². The third kappa shape index (κ3) is 1.69. The number of hydrogen-bond donors (Lipinski definition) is 0. The van der Waals surface area contributed by atoms with E-state index in [1.165, 1.54) is 0 Å². The van der Waals surface area contributed by atoms with Crippen LogP contribution in [0, 0.1) is 0 Å². The van der Waals surface area contributed by atoms with Crippen molar-refractivity contribution < 1.29 is 4.79 Å². The van der Waals surface area contributed by atoms with E-state index in [9.17, 15) is 4.79 Å². The Bertz CT molecular complexity index is 252. The van der Waals surface area contributed by atoms with Crippen LogP contribution in [0.3, 0.4) is 0 Å². The molecule has 58 valence electrons. The normalized spacial score (nSPS) is 17.2. The number of rotatable bonds is 1. The molecule has 0 fully saturated rings. The summed E-state index contributed by atoms with van der Waals surface area (Å²) in [7, 11) is 0. The lowest BCUT2D eigenvalue weighted by molar-refractivity contribution is -0.115. The Morgan fingerprint density at radius 2 is 2.45 bits per heavy atom. The van der Waals surface area contributed by atoms with Crippen molar-refractivity contribution in [3.05, 3.63) is 29.5 Å². The van der Waals surface area contributed by atoms with Gasteiger partial charge in [0, 0.05) is 17.6 Å². The smallest absolute Gasteiger partial charge is 0.163 e. The van der Waals surface area contributed by atoms with E-state index >= 15 is 0 Å². The van der Waals surface area contributed by atoms with Crippen LogP contribution in [0.4, 0.5) is 0 Å². The van der Waals surface area contributed by atoms with E-state index in [4.69, 9.17) is 0 Å². The summed E-state index contributed by atoms with van der Waals surface area (Å²) >= 11 is 0. The van der Waals surface area contributed by atoms with E-state index in [1.807, 2.05) is 13.0 Å². The van der Waals surface area contributed by atoms with E-state index in [1.54, 1.807) is 0 Å². The van der Waals surface area contributed by atoms with Crippen molar-refractivity contribution in [3.63, 3.8) is 0 Å². The molecule has 0 N–H and O–H groups in total. The Labute approximate surface area is 67.1 Å². The minimum atomic E-state index is 0.241. The van der Waals surface area contributed by atoms with Crippen LogP contribution >= 0.6 is 0 Å². The Morgan fingerprint density at radius 1 is 1.73 bits per heavy atom. The average molecular weight is 148 g/mol. The molecule has 0 saturated carbocycles. The molecule has 1 aliphatic rings. The average Bonchev–Trinajstić information content (AvgIpc) is 2.04.